The molecule has 182 valence electrons. The number of nitrogens with one attached hydrogen (secondary N) is 2. The van der Waals surface area contributed by atoms with Crippen molar-refractivity contribution in [1.29, 1.82) is 0 Å². The summed E-state index contributed by atoms with van der Waals surface area (Å²) in [5, 5.41) is 14.5. The van der Waals surface area contributed by atoms with Crippen LogP contribution in [0.1, 0.15) is 44.2 Å². The zero-order valence-corrected chi connectivity index (χ0v) is 20.0. The van der Waals surface area contributed by atoms with Crippen LogP contribution in [0.3, 0.4) is 0 Å². The molecule has 8 nitrogen and oxygen atoms in total. The molecule has 0 aromatic heterocycles. The lowest BCUT2D eigenvalue weighted by Crippen LogP contribution is -2.53. The molecule has 2 atom stereocenters. The Hall–Kier alpha value is -3.39. The van der Waals surface area contributed by atoms with Gasteiger partial charge < -0.3 is 25.2 Å². The molecule has 3 N–H and O–H groups in total. The lowest BCUT2D eigenvalue weighted by molar-refractivity contribution is -0.147. The molecule has 2 aromatic rings. The van der Waals surface area contributed by atoms with Crippen molar-refractivity contribution in [2.45, 2.75) is 45.3 Å². The first-order valence-corrected chi connectivity index (χ1v) is 11.3. The highest BCUT2D eigenvalue weighted by Crippen LogP contribution is 2.44. The van der Waals surface area contributed by atoms with Gasteiger partial charge in [0.2, 0.25) is 5.91 Å². The van der Waals surface area contributed by atoms with E-state index in [1.54, 1.807) is 20.8 Å². The summed E-state index contributed by atoms with van der Waals surface area (Å²) in [4.78, 5) is 36.6. The number of hydrogen-bond acceptors (Lipinski definition) is 5. The van der Waals surface area contributed by atoms with Gasteiger partial charge in [0.1, 0.15) is 12.6 Å². The fraction of sp³-hybridized carbons (Fsp3) is 0.423. The molecule has 2 amide bonds. The molecular formula is C26H32N2O6. The predicted octanol–water partition coefficient (Wildman–Crippen LogP) is 3.55. The molecular weight excluding hydrogens is 436 g/mol. The summed E-state index contributed by atoms with van der Waals surface area (Å²) in [6.07, 6.45) is -1.10. The van der Waals surface area contributed by atoms with Gasteiger partial charge in [-0.2, -0.15) is 0 Å². The van der Waals surface area contributed by atoms with E-state index in [9.17, 15) is 19.5 Å². The number of carbonyl (C=O) groups excluding carboxylic acids is 2. The number of amides is 2. The number of rotatable bonds is 10. The molecule has 0 aliphatic heterocycles. The van der Waals surface area contributed by atoms with Gasteiger partial charge in [-0.25, -0.2) is 4.79 Å². The Morgan fingerprint density at radius 2 is 1.59 bits per heavy atom. The second kappa shape index (κ2) is 10.7. The summed E-state index contributed by atoms with van der Waals surface area (Å²) >= 11 is 0. The van der Waals surface area contributed by atoms with Crippen LogP contribution in [0.5, 0.6) is 0 Å². The lowest BCUT2D eigenvalue weighted by Gasteiger charge is -2.25. The van der Waals surface area contributed by atoms with Crippen molar-refractivity contribution in [2.75, 3.05) is 20.3 Å². The summed E-state index contributed by atoms with van der Waals surface area (Å²) in [6.45, 7) is 5.12. The van der Waals surface area contributed by atoms with E-state index < -0.39 is 35.5 Å². The van der Waals surface area contributed by atoms with Gasteiger partial charge in [0.05, 0.1) is 11.5 Å². The minimum Gasteiger partial charge on any atom is -0.481 e. The first-order valence-electron chi connectivity index (χ1n) is 11.3. The number of carboxylic acid groups (broad SMARTS) is 1. The molecule has 0 saturated carbocycles. The molecule has 2 aromatic carbocycles. The van der Waals surface area contributed by atoms with E-state index in [2.05, 4.69) is 22.8 Å². The highest BCUT2D eigenvalue weighted by atomic mass is 16.5. The SMILES string of the molecule is CO[C@H](C)[C@H](NC(=O)OCC1c2ccccc2-c2ccccc21)C(=O)NCCC(C)(C)C(=O)O. The fourth-order valence-corrected chi connectivity index (χ4v) is 4.01. The number of carboxylic acids is 1. The number of carbonyl (C=O) groups is 3. The lowest BCUT2D eigenvalue weighted by atomic mass is 9.89. The zero-order valence-electron chi connectivity index (χ0n) is 20.0. The molecule has 0 saturated heterocycles. The monoisotopic (exact) mass is 468 g/mol. The van der Waals surface area contributed by atoms with E-state index in [1.165, 1.54) is 7.11 Å². The van der Waals surface area contributed by atoms with E-state index in [4.69, 9.17) is 9.47 Å². The Morgan fingerprint density at radius 3 is 2.12 bits per heavy atom. The third-order valence-electron chi connectivity index (χ3n) is 6.37. The van der Waals surface area contributed by atoms with Crippen LogP contribution in [0.15, 0.2) is 48.5 Å². The predicted molar refractivity (Wildman–Crippen MR) is 128 cm³/mol. The molecule has 0 bridgehead atoms. The minimum atomic E-state index is -0.992. The number of alkyl carbamates (subject to hydrolysis) is 1. The van der Waals surface area contributed by atoms with Gasteiger partial charge in [-0.3, -0.25) is 9.59 Å². The van der Waals surface area contributed by atoms with E-state index in [1.807, 2.05) is 36.4 Å². The van der Waals surface area contributed by atoms with Gasteiger partial charge in [0.15, 0.2) is 0 Å². The number of benzene rings is 2. The number of hydrogen-bond donors (Lipinski definition) is 3. The van der Waals surface area contributed by atoms with Crippen LogP contribution in [0, 0.1) is 5.41 Å². The number of fused-ring (bicyclic) bond motifs is 3. The van der Waals surface area contributed by atoms with Crippen molar-refractivity contribution in [3.63, 3.8) is 0 Å². The maximum atomic E-state index is 12.7. The Kier molecular flexibility index (Phi) is 7.94. The van der Waals surface area contributed by atoms with Crippen LogP contribution in [0.4, 0.5) is 4.79 Å². The summed E-state index contributed by atoms with van der Waals surface area (Å²) in [7, 11) is 1.44. The molecule has 3 rings (SSSR count). The van der Waals surface area contributed by atoms with E-state index in [-0.39, 0.29) is 25.5 Å². The highest BCUT2D eigenvalue weighted by molar-refractivity contribution is 5.86. The summed E-state index contributed by atoms with van der Waals surface area (Å²) in [5.74, 6) is -1.51. The highest BCUT2D eigenvalue weighted by Gasteiger charge is 2.32. The summed E-state index contributed by atoms with van der Waals surface area (Å²) in [5.41, 5.74) is 3.47. The van der Waals surface area contributed by atoms with Gasteiger partial charge in [0.25, 0.3) is 0 Å². The first-order chi connectivity index (χ1) is 16.2. The van der Waals surface area contributed by atoms with Gasteiger partial charge >= 0.3 is 12.1 Å². The van der Waals surface area contributed by atoms with Gasteiger partial charge in [-0.1, -0.05) is 48.5 Å². The minimum absolute atomic E-state index is 0.0940. The molecule has 1 aliphatic rings. The van der Waals surface area contributed by atoms with Crippen LogP contribution < -0.4 is 10.6 Å². The van der Waals surface area contributed by atoms with Crippen molar-refractivity contribution >= 4 is 18.0 Å². The van der Waals surface area contributed by atoms with Gasteiger partial charge in [0, 0.05) is 19.6 Å². The topological polar surface area (TPSA) is 114 Å². The second-order valence-electron chi connectivity index (χ2n) is 9.12. The van der Waals surface area contributed by atoms with Crippen molar-refractivity contribution in [3.05, 3.63) is 59.7 Å². The largest absolute Gasteiger partial charge is 0.481 e. The van der Waals surface area contributed by atoms with E-state index in [0.29, 0.717) is 0 Å². The Bertz CT molecular complexity index is 1010. The molecule has 0 heterocycles. The van der Waals surface area contributed by atoms with Crippen molar-refractivity contribution < 1.29 is 29.0 Å². The Morgan fingerprint density at radius 1 is 1.03 bits per heavy atom. The zero-order chi connectivity index (χ0) is 24.9. The van der Waals surface area contributed by atoms with Crippen molar-refractivity contribution in [1.82, 2.24) is 10.6 Å². The van der Waals surface area contributed by atoms with Crippen LogP contribution in [0.25, 0.3) is 11.1 Å². The van der Waals surface area contributed by atoms with E-state index in [0.717, 1.165) is 22.3 Å². The molecule has 1 aliphatic carbocycles. The Balaban J connectivity index is 1.61. The molecule has 34 heavy (non-hydrogen) atoms. The molecule has 8 heteroatoms. The van der Waals surface area contributed by atoms with Gasteiger partial charge in [-0.05, 0) is 49.4 Å². The normalized spacial score (nSPS) is 14.5. The van der Waals surface area contributed by atoms with E-state index >= 15 is 0 Å². The van der Waals surface area contributed by atoms with Crippen molar-refractivity contribution in [3.8, 4) is 11.1 Å². The molecule has 0 radical (unpaired) electrons. The molecule has 0 unspecified atom stereocenters. The summed E-state index contributed by atoms with van der Waals surface area (Å²) in [6, 6.07) is 15.1. The summed E-state index contributed by atoms with van der Waals surface area (Å²) < 4.78 is 10.8. The third kappa shape index (κ3) is 5.56. The second-order valence-corrected chi connectivity index (χ2v) is 9.12. The number of aliphatic carboxylic acids is 1. The van der Waals surface area contributed by atoms with Crippen LogP contribution >= 0.6 is 0 Å². The standard InChI is InChI=1S/C26H32N2O6/c1-16(33-4)22(23(29)27-14-13-26(2,3)24(30)31)28-25(32)34-15-21-19-11-7-5-9-17(19)18-10-6-8-12-20(18)21/h5-12,16,21-22H,13-15H2,1-4H3,(H,27,29)(H,28,32)(H,30,31)/t16-,22+/m1/s1. The fourth-order valence-electron chi connectivity index (χ4n) is 4.01. The van der Waals surface area contributed by atoms with Crippen molar-refractivity contribution in [2.24, 2.45) is 5.41 Å². The smallest absolute Gasteiger partial charge is 0.407 e. The number of methoxy groups -OCH3 is 1. The van der Waals surface area contributed by atoms with Crippen LogP contribution in [0.2, 0.25) is 0 Å². The van der Waals surface area contributed by atoms with Gasteiger partial charge in [-0.15, -0.1) is 0 Å². The Labute approximate surface area is 199 Å². The quantitative estimate of drug-likeness (QED) is 0.491. The van der Waals surface area contributed by atoms with Crippen LogP contribution in [-0.4, -0.2) is 55.5 Å². The van der Waals surface area contributed by atoms with Crippen LogP contribution in [-0.2, 0) is 19.1 Å². The first kappa shape index (κ1) is 25.2. The molecule has 0 spiro atoms. The third-order valence-corrected chi connectivity index (χ3v) is 6.37. The maximum absolute atomic E-state index is 12.7. The molecule has 0 fully saturated rings. The average molecular weight is 469 g/mol. The average Bonchev–Trinajstić information content (AvgIpc) is 3.14. The number of ether oxygens (including phenoxy) is 2. The maximum Gasteiger partial charge on any atom is 0.407 e.